The van der Waals surface area contributed by atoms with Gasteiger partial charge in [-0.3, -0.25) is 9.36 Å². The minimum Gasteiger partial charge on any atom is -0.393 e. The molecule has 2 aliphatic carbocycles. The molecule has 10 nitrogen and oxygen atoms in total. The Morgan fingerprint density at radius 1 is 1.29 bits per heavy atom. The van der Waals surface area contributed by atoms with Crippen molar-refractivity contribution in [2.24, 2.45) is 11.1 Å². The largest absolute Gasteiger partial charge is 0.393 e. The number of anilines is 3. The molecule has 2 heterocycles. The van der Waals surface area contributed by atoms with Crippen molar-refractivity contribution in [3.63, 3.8) is 0 Å². The van der Waals surface area contributed by atoms with Gasteiger partial charge in [-0.1, -0.05) is 18.5 Å². The average molecular weight is 541 g/mol. The lowest BCUT2D eigenvalue weighted by Crippen LogP contribution is -2.38. The maximum Gasteiger partial charge on any atom is 0.224 e. The molecule has 0 bridgehead atoms. The highest BCUT2D eigenvalue weighted by molar-refractivity contribution is 6.33. The molecule has 2 aromatic heterocycles. The van der Waals surface area contributed by atoms with E-state index in [-0.39, 0.29) is 40.4 Å². The summed E-state index contributed by atoms with van der Waals surface area (Å²) in [6, 6.07) is 4.36. The van der Waals surface area contributed by atoms with Crippen molar-refractivity contribution in [2.75, 3.05) is 10.6 Å². The van der Waals surface area contributed by atoms with Crippen LogP contribution in [0.15, 0.2) is 18.3 Å². The first kappa shape index (κ1) is 26.1. The SMILES string of the molecule is CC1(C(N)=O)CCC(n2c(Nc3c(F)cc(C#N)cc3Cl)nc3cnc(N[C@@H]4CCC[C@H](O)C4)nc32)CC1. The maximum atomic E-state index is 14.9. The van der Waals surface area contributed by atoms with Gasteiger partial charge in [0.2, 0.25) is 17.8 Å². The molecule has 0 spiro atoms. The summed E-state index contributed by atoms with van der Waals surface area (Å²) < 4.78 is 16.8. The zero-order chi connectivity index (χ0) is 27.0. The number of aliphatic hydroxyl groups excluding tert-OH is 1. The van der Waals surface area contributed by atoms with Crippen molar-refractivity contribution in [1.29, 1.82) is 5.26 Å². The monoisotopic (exact) mass is 540 g/mol. The Labute approximate surface area is 224 Å². The molecule has 0 aliphatic heterocycles. The van der Waals surface area contributed by atoms with Crippen LogP contribution in [0.2, 0.25) is 5.02 Å². The zero-order valence-electron chi connectivity index (χ0n) is 21.0. The van der Waals surface area contributed by atoms with Gasteiger partial charge in [0.25, 0.3) is 0 Å². The number of aromatic nitrogens is 4. The molecule has 2 aliphatic rings. The van der Waals surface area contributed by atoms with E-state index >= 15 is 0 Å². The molecule has 5 N–H and O–H groups in total. The summed E-state index contributed by atoms with van der Waals surface area (Å²) in [6.45, 7) is 1.88. The number of carbonyl (C=O) groups is 1. The number of hydrogen-bond donors (Lipinski definition) is 4. The fourth-order valence-corrected chi connectivity index (χ4v) is 5.74. The molecule has 2 saturated carbocycles. The van der Waals surface area contributed by atoms with Crippen molar-refractivity contribution in [3.05, 3.63) is 34.7 Å². The summed E-state index contributed by atoms with van der Waals surface area (Å²) in [5.41, 5.74) is 6.25. The number of nitrogens with two attached hydrogens (primary N) is 1. The maximum absolute atomic E-state index is 14.9. The summed E-state index contributed by atoms with van der Waals surface area (Å²) in [6.07, 6.45) is 6.98. The molecule has 12 heteroatoms. The molecule has 0 radical (unpaired) electrons. The van der Waals surface area contributed by atoms with Crippen molar-refractivity contribution < 1.29 is 14.3 Å². The first-order chi connectivity index (χ1) is 18.2. The molecule has 1 amide bonds. The Balaban J connectivity index is 1.53. The quantitative estimate of drug-likeness (QED) is 0.355. The lowest BCUT2D eigenvalue weighted by Gasteiger charge is -2.35. The predicted octanol–water partition coefficient (Wildman–Crippen LogP) is 4.56. The molecular weight excluding hydrogens is 511 g/mol. The Bertz CT molecular complexity index is 1390. The number of nitrogens with one attached hydrogen (secondary N) is 2. The average Bonchev–Trinajstić information content (AvgIpc) is 3.23. The van der Waals surface area contributed by atoms with Crippen molar-refractivity contribution in [1.82, 2.24) is 19.5 Å². The van der Waals surface area contributed by atoms with Gasteiger partial charge in [-0.15, -0.1) is 0 Å². The molecule has 5 rings (SSSR count). The van der Waals surface area contributed by atoms with Crippen LogP contribution >= 0.6 is 11.6 Å². The topological polar surface area (TPSA) is 155 Å². The minimum atomic E-state index is -0.679. The van der Waals surface area contributed by atoms with Gasteiger partial charge in [0.05, 0.1) is 34.6 Å². The minimum absolute atomic E-state index is 0.00232. The van der Waals surface area contributed by atoms with Gasteiger partial charge >= 0.3 is 0 Å². The molecule has 3 aromatic rings. The number of carbonyl (C=O) groups excluding carboxylic acids is 1. The van der Waals surface area contributed by atoms with E-state index in [0.29, 0.717) is 55.2 Å². The second-order valence-electron chi connectivity index (χ2n) is 10.6. The number of imidazole rings is 1. The highest BCUT2D eigenvalue weighted by atomic mass is 35.5. The van der Waals surface area contributed by atoms with Crippen molar-refractivity contribution in [3.8, 4) is 6.07 Å². The Morgan fingerprint density at radius 3 is 2.71 bits per heavy atom. The number of nitriles is 1. The summed E-state index contributed by atoms with van der Waals surface area (Å²) in [4.78, 5) is 25.9. The molecule has 1 aromatic carbocycles. The van der Waals surface area contributed by atoms with Crippen LogP contribution in [-0.4, -0.2) is 42.7 Å². The first-order valence-corrected chi connectivity index (χ1v) is 13.2. The molecule has 200 valence electrons. The van der Waals surface area contributed by atoms with Crippen LogP contribution in [0.1, 0.15) is 69.9 Å². The molecule has 0 unspecified atom stereocenters. The summed E-state index contributed by atoms with van der Waals surface area (Å²) in [5, 5.41) is 25.6. The highest BCUT2D eigenvalue weighted by Crippen LogP contribution is 2.43. The first-order valence-electron chi connectivity index (χ1n) is 12.8. The number of nitrogens with zero attached hydrogens (tertiary/aromatic N) is 5. The third-order valence-corrected chi connectivity index (χ3v) is 8.14. The van der Waals surface area contributed by atoms with Gasteiger partial charge in [-0.2, -0.15) is 10.2 Å². The summed E-state index contributed by atoms with van der Waals surface area (Å²) in [5.74, 6) is -0.246. The van der Waals surface area contributed by atoms with Crippen LogP contribution in [0.4, 0.5) is 22.0 Å². The van der Waals surface area contributed by atoms with Crippen molar-refractivity contribution >= 4 is 46.3 Å². The van der Waals surface area contributed by atoms with Crippen LogP contribution in [0.3, 0.4) is 0 Å². The highest BCUT2D eigenvalue weighted by Gasteiger charge is 2.38. The molecule has 0 saturated heterocycles. The van der Waals surface area contributed by atoms with Crippen LogP contribution in [-0.2, 0) is 4.79 Å². The number of rotatable bonds is 6. The Hall–Kier alpha value is -3.49. The third-order valence-electron chi connectivity index (χ3n) is 7.84. The van der Waals surface area contributed by atoms with Gasteiger partial charge in [0.1, 0.15) is 11.3 Å². The number of benzene rings is 1. The predicted molar refractivity (Wildman–Crippen MR) is 141 cm³/mol. The number of fused-ring (bicyclic) bond motifs is 1. The Morgan fingerprint density at radius 2 is 2.05 bits per heavy atom. The number of primary amides is 1. The smallest absolute Gasteiger partial charge is 0.224 e. The van der Waals surface area contributed by atoms with Gasteiger partial charge in [-0.25, -0.2) is 14.4 Å². The van der Waals surface area contributed by atoms with Crippen LogP contribution in [0, 0.1) is 22.6 Å². The number of amides is 1. The van der Waals surface area contributed by atoms with E-state index in [0.717, 1.165) is 25.3 Å². The third kappa shape index (κ3) is 5.11. The molecular formula is C26H30ClFN8O2. The van der Waals surface area contributed by atoms with Crippen LogP contribution in [0.25, 0.3) is 11.2 Å². The molecule has 2 atom stereocenters. The van der Waals surface area contributed by atoms with E-state index < -0.39 is 11.2 Å². The van der Waals surface area contributed by atoms with Crippen LogP contribution < -0.4 is 16.4 Å². The number of hydrogen-bond acceptors (Lipinski definition) is 8. The second kappa shape index (κ2) is 10.3. The molecule has 2 fully saturated rings. The van der Waals surface area contributed by atoms with E-state index in [9.17, 15) is 14.3 Å². The summed E-state index contributed by atoms with van der Waals surface area (Å²) >= 11 is 6.32. The summed E-state index contributed by atoms with van der Waals surface area (Å²) in [7, 11) is 0. The lowest BCUT2D eigenvalue weighted by molar-refractivity contribution is -0.128. The van der Waals surface area contributed by atoms with Gasteiger partial charge in [0, 0.05) is 17.5 Å². The van der Waals surface area contributed by atoms with E-state index in [1.165, 1.54) is 6.07 Å². The zero-order valence-corrected chi connectivity index (χ0v) is 21.8. The second-order valence-corrected chi connectivity index (χ2v) is 11.0. The fraction of sp³-hybridized carbons (Fsp3) is 0.500. The van der Waals surface area contributed by atoms with Crippen molar-refractivity contribution in [2.45, 2.75) is 76.5 Å². The fourth-order valence-electron chi connectivity index (χ4n) is 5.49. The molecule has 38 heavy (non-hydrogen) atoms. The number of aliphatic hydroxyl groups is 1. The normalized spacial score (nSPS) is 25.6. The standard InChI is InChI=1S/C26H30ClFN8O2/c1-26(23(30)38)7-5-16(6-8-26)36-22-20(13-31-24(35-22)32-15-3-2-4-17(37)11-15)33-25(36)34-21-18(27)9-14(12-29)10-19(21)28/h9-10,13,15-17,37H,2-8,11H2,1H3,(H2,30,38)(H,33,34)(H,31,32,35)/t15-,16?,17+,26?/m1/s1. The van der Waals surface area contributed by atoms with E-state index in [4.69, 9.17) is 27.6 Å². The Kier molecular flexibility index (Phi) is 7.11. The van der Waals surface area contributed by atoms with Crippen LogP contribution in [0.5, 0.6) is 0 Å². The van der Waals surface area contributed by atoms with Gasteiger partial charge < -0.3 is 21.5 Å². The van der Waals surface area contributed by atoms with Gasteiger partial charge in [0.15, 0.2) is 5.65 Å². The van der Waals surface area contributed by atoms with E-state index in [2.05, 4.69) is 20.6 Å². The number of halogens is 2. The van der Waals surface area contributed by atoms with E-state index in [1.807, 2.05) is 17.6 Å². The van der Waals surface area contributed by atoms with E-state index in [1.54, 1.807) is 6.20 Å². The lowest BCUT2D eigenvalue weighted by atomic mass is 9.73. The van der Waals surface area contributed by atoms with Gasteiger partial charge in [-0.05, 0) is 63.5 Å².